The van der Waals surface area contributed by atoms with E-state index < -0.39 is 13.7 Å². The number of piperazine rings is 1. The monoisotopic (exact) mass is 480 g/mol. The molecule has 1 saturated heterocycles. The Balaban J connectivity index is 1.81. The van der Waals surface area contributed by atoms with E-state index in [4.69, 9.17) is 9.47 Å². The number of hydrogen-bond acceptors (Lipinski definition) is 5. The van der Waals surface area contributed by atoms with Crippen LogP contribution in [0.1, 0.15) is 20.8 Å². The fourth-order valence-corrected chi connectivity index (χ4v) is 4.63. The maximum absolute atomic E-state index is 15.0. The molecule has 0 N–H and O–H groups in total. The predicted molar refractivity (Wildman–Crippen MR) is 131 cm³/mol. The molecule has 0 aliphatic carbocycles. The van der Waals surface area contributed by atoms with Crippen molar-refractivity contribution in [2.45, 2.75) is 58.8 Å². The molecule has 1 fully saturated rings. The molecule has 2 heterocycles. The second-order valence-electron chi connectivity index (χ2n) is 10.8. The summed E-state index contributed by atoms with van der Waals surface area (Å²) in [6.45, 7) is 14.8. The van der Waals surface area contributed by atoms with Crippen LogP contribution in [0.3, 0.4) is 0 Å². The fraction of sp³-hybridized carbons (Fsp3) is 0.652. The molecule has 0 saturated carbocycles. The number of carbonyl (C=O) groups is 1. The number of anilines is 1. The molecule has 0 unspecified atom stereocenters. The molecule has 1 amide bonds. The van der Waals surface area contributed by atoms with Gasteiger partial charge in [-0.3, -0.25) is 9.13 Å². The lowest BCUT2D eigenvalue weighted by Gasteiger charge is -2.37. The van der Waals surface area contributed by atoms with Crippen LogP contribution < -0.4 is 10.6 Å². The van der Waals surface area contributed by atoms with Crippen LogP contribution in [0.25, 0.3) is 11.0 Å². The van der Waals surface area contributed by atoms with Crippen molar-refractivity contribution < 1.29 is 18.7 Å². The van der Waals surface area contributed by atoms with E-state index in [1.807, 2.05) is 25.7 Å². The Morgan fingerprint density at radius 3 is 2.33 bits per heavy atom. The Morgan fingerprint density at radius 1 is 1.12 bits per heavy atom. The smallest absolute Gasteiger partial charge is 0.410 e. The third-order valence-electron chi connectivity index (χ3n) is 5.69. The first-order valence-corrected chi connectivity index (χ1v) is 15.2. The highest BCUT2D eigenvalue weighted by molar-refractivity contribution is 6.76. The lowest BCUT2D eigenvalue weighted by Crippen LogP contribution is -2.50. The number of benzene rings is 1. The molecule has 0 bridgehead atoms. The Morgan fingerprint density at radius 2 is 1.76 bits per heavy atom. The van der Waals surface area contributed by atoms with Crippen LogP contribution in [0.15, 0.2) is 16.9 Å². The van der Waals surface area contributed by atoms with Gasteiger partial charge in [-0.15, -0.1) is 0 Å². The van der Waals surface area contributed by atoms with Crippen LogP contribution in [0, 0.1) is 5.82 Å². The number of aryl methyl sites for hydroxylation is 1. The Bertz CT molecular complexity index is 1060. The largest absolute Gasteiger partial charge is 0.444 e. The lowest BCUT2D eigenvalue weighted by atomic mass is 10.2. The minimum atomic E-state index is -1.23. The van der Waals surface area contributed by atoms with E-state index in [1.165, 1.54) is 10.6 Å². The summed E-state index contributed by atoms with van der Waals surface area (Å²) in [6, 6.07) is 4.04. The predicted octanol–water partition coefficient (Wildman–Crippen LogP) is 3.85. The van der Waals surface area contributed by atoms with Gasteiger partial charge in [-0.1, -0.05) is 19.6 Å². The molecule has 0 radical (unpaired) electrons. The number of fused-ring (bicyclic) bond motifs is 1. The van der Waals surface area contributed by atoms with Crippen LogP contribution in [0.5, 0.6) is 0 Å². The molecule has 184 valence electrons. The molecule has 8 nitrogen and oxygen atoms in total. The number of hydrogen-bond donors (Lipinski definition) is 0. The number of nitrogens with zero attached hydrogens (tertiary/aromatic N) is 4. The summed E-state index contributed by atoms with van der Waals surface area (Å²) in [5.41, 5.74) is 0.763. The number of aromatic nitrogens is 2. The molecule has 33 heavy (non-hydrogen) atoms. The zero-order valence-electron chi connectivity index (χ0n) is 20.9. The SMILES string of the molecule is Cn1c(=O)n(COCC[Si](C)(C)C)c2ccc(F)c(N3CCN(C(=O)OC(C)(C)C)CC3)c21. The quantitative estimate of drug-likeness (QED) is 0.464. The van der Waals surface area contributed by atoms with Gasteiger partial charge in [0.15, 0.2) is 0 Å². The molecule has 2 aromatic rings. The summed E-state index contributed by atoms with van der Waals surface area (Å²) in [7, 11) is 0.421. The van der Waals surface area contributed by atoms with Gasteiger partial charge in [0.25, 0.3) is 0 Å². The number of amides is 1. The molecule has 3 rings (SSSR count). The van der Waals surface area contributed by atoms with Gasteiger partial charge in [-0.2, -0.15) is 0 Å². The van der Waals surface area contributed by atoms with Crippen molar-refractivity contribution in [1.29, 1.82) is 0 Å². The lowest BCUT2D eigenvalue weighted by molar-refractivity contribution is 0.0240. The zero-order valence-corrected chi connectivity index (χ0v) is 21.9. The van der Waals surface area contributed by atoms with Crippen LogP contribution in [-0.4, -0.2) is 66.6 Å². The van der Waals surface area contributed by atoms with Crippen LogP contribution >= 0.6 is 0 Å². The van der Waals surface area contributed by atoms with Gasteiger partial charge in [-0.25, -0.2) is 14.0 Å². The number of ether oxygens (including phenoxy) is 2. The number of carbonyl (C=O) groups excluding carboxylic acids is 1. The minimum Gasteiger partial charge on any atom is -0.444 e. The van der Waals surface area contributed by atoms with Crippen molar-refractivity contribution in [3.05, 3.63) is 28.4 Å². The third-order valence-corrected chi connectivity index (χ3v) is 7.39. The van der Waals surface area contributed by atoms with E-state index in [2.05, 4.69) is 19.6 Å². The van der Waals surface area contributed by atoms with E-state index in [0.717, 1.165) is 6.04 Å². The second kappa shape index (κ2) is 9.50. The summed E-state index contributed by atoms with van der Waals surface area (Å²) in [4.78, 5) is 28.9. The molecule has 0 atom stereocenters. The number of halogens is 1. The maximum atomic E-state index is 15.0. The van der Waals surface area contributed by atoms with Gasteiger partial charge in [0.1, 0.15) is 18.1 Å². The van der Waals surface area contributed by atoms with E-state index >= 15 is 4.39 Å². The van der Waals surface area contributed by atoms with Crippen molar-refractivity contribution >= 4 is 30.9 Å². The average Bonchev–Trinajstić information content (AvgIpc) is 2.94. The Hall–Kier alpha value is -2.33. The fourth-order valence-electron chi connectivity index (χ4n) is 3.87. The highest BCUT2D eigenvalue weighted by Gasteiger charge is 2.29. The number of imidazole rings is 1. The topological polar surface area (TPSA) is 68.9 Å². The first kappa shape index (κ1) is 25.3. The molecule has 0 spiro atoms. The molecular formula is C23H37FN4O4Si. The van der Waals surface area contributed by atoms with E-state index in [-0.39, 0.29) is 24.3 Å². The van der Waals surface area contributed by atoms with Crippen LogP contribution in [-0.2, 0) is 23.3 Å². The zero-order chi connectivity index (χ0) is 24.6. The maximum Gasteiger partial charge on any atom is 0.410 e. The standard InChI is InChI=1S/C23H37FN4O4Si/c1-23(2,3)32-22(30)27-12-10-26(11-13-27)19-17(24)8-9-18-20(19)25(4)21(29)28(18)16-31-14-15-33(5,6)7/h8-9H,10-16H2,1-7H3. The molecule has 1 aromatic carbocycles. The van der Waals surface area contributed by atoms with Gasteiger partial charge in [-0.05, 0) is 38.9 Å². The van der Waals surface area contributed by atoms with Gasteiger partial charge in [0.05, 0.1) is 16.7 Å². The molecule has 1 aliphatic heterocycles. The van der Waals surface area contributed by atoms with Crippen molar-refractivity contribution in [2.75, 3.05) is 37.7 Å². The highest BCUT2D eigenvalue weighted by atomic mass is 28.3. The minimum absolute atomic E-state index is 0.137. The van der Waals surface area contributed by atoms with Gasteiger partial charge in [0, 0.05) is 47.9 Å². The van der Waals surface area contributed by atoms with Crippen molar-refractivity contribution in [3.63, 3.8) is 0 Å². The summed E-state index contributed by atoms with van der Waals surface area (Å²) in [5.74, 6) is -0.388. The third kappa shape index (κ3) is 5.97. The van der Waals surface area contributed by atoms with E-state index in [1.54, 1.807) is 22.6 Å². The summed E-state index contributed by atoms with van der Waals surface area (Å²) in [5, 5.41) is 0. The van der Waals surface area contributed by atoms with Gasteiger partial charge in [0.2, 0.25) is 0 Å². The molecule has 1 aliphatic rings. The van der Waals surface area contributed by atoms with E-state index in [0.29, 0.717) is 49.5 Å². The number of rotatable bonds is 6. The first-order valence-electron chi connectivity index (χ1n) is 11.5. The Kier molecular flexibility index (Phi) is 7.28. The summed E-state index contributed by atoms with van der Waals surface area (Å²) >= 11 is 0. The van der Waals surface area contributed by atoms with Crippen molar-refractivity contribution in [2.24, 2.45) is 7.05 Å². The summed E-state index contributed by atoms with van der Waals surface area (Å²) in [6.07, 6.45) is -0.366. The van der Waals surface area contributed by atoms with Gasteiger partial charge >= 0.3 is 11.8 Å². The molecule has 10 heteroatoms. The highest BCUT2D eigenvalue weighted by Crippen LogP contribution is 2.30. The van der Waals surface area contributed by atoms with Crippen LogP contribution in [0.2, 0.25) is 25.7 Å². The first-order chi connectivity index (χ1) is 15.3. The van der Waals surface area contributed by atoms with Gasteiger partial charge < -0.3 is 19.3 Å². The summed E-state index contributed by atoms with van der Waals surface area (Å²) < 4.78 is 29.3. The van der Waals surface area contributed by atoms with Crippen LogP contribution in [0.4, 0.5) is 14.9 Å². The second-order valence-corrected chi connectivity index (χ2v) is 16.5. The van der Waals surface area contributed by atoms with E-state index in [9.17, 15) is 9.59 Å². The molecular weight excluding hydrogens is 443 g/mol. The van der Waals surface area contributed by atoms with Crippen molar-refractivity contribution in [3.8, 4) is 0 Å². The molecule has 1 aromatic heterocycles. The normalized spacial score (nSPS) is 15.4. The average molecular weight is 481 g/mol. The Labute approximate surface area is 195 Å². The van der Waals surface area contributed by atoms with Crippen molar-refractivity contribution in [1.82, 2.24) is 14.0 Å².